The van der Waals surface area contributed by atoms with Crippen molar-refractivity contribution < 1.29 is 4.79 Å². The van der Waals surface area contributed by atoms with Crippen molar-refractivity contribution in [2.24, 2.45) is 0 Å². The Morgan fingerprint density at radius 1 is 0.955 bits per heavy atom. The Morgan fingerprint density at radius 3 is 2.36 bits per heavy atom. The summed E-state index contributed by atoms with van der Waals surface area (Å²) in [4.78, 5) is 12.3. The van der Waals surface area contributed by atoms with Gasteiger partial charge in [0.25, 0.3) is 0 Å². The molecule has 0 fully saturated rings. The minimum atomic E-state index is -0.0602. The van der Waals surface area contributed by atoms with Gasteiger partial charge in [-0.25, -0.2) is 4.68 Å². The fourth-order valence-electron chi connectivity index (χ4n) is 2.17. The van der Waals surface area contributed by atoms with E-state index in [1.807, 2.05) is 18.2 Å². The molecular formula is C17H12Cl2N2O. The lowest BCUT2D eigenvalue weighted by atomic mass is 10.1. The first-order valence-corrected chi connectivity index (χ1v) is 7.48. The molecule has 3 nitrogen and oxygen atoms in total. The monoisotopic (exact) mass is 330 g/mol. The molecule has 2 aromatic carbocycles. The maximum Gasteiger partial charge on any atom is 0.170 e. The van der Waals surface area contributed by atoms with E-state index in [2.05, 4.69) is 5.10 Å². The second kappa shape index (κ2) is 6.34. The first-order chi connectivity index (χ1) is 10.6. The number of halogens is 2. The zero-order chi connectivity index (χ0) is 15.5. The molecule has 0 aliphatic heterocycles. The van der Waals surface area contributed by atoms with Crippen LogP contribution in [0.3, 0.4) is 0 Å². The molecule has 5 heteroatoms. The average molecular weight is 331 g/mol. The molecule has 0 radical (unpaired) electrons. The van der Waals surface area contributed by atoms with E-state index in [4.69, 9.17) is 23.2 Å². The fraction of sp³-hybridized carbons (Fsp3) is 0.0588. The molecule has 0 saturated heterocycles. The van der Waals surface area contributed by atoms with E-state index >= 15 is 0 Å². The van der Waals surface area contributed by atoms with Crippen LogP contribution in [0.15, 0.2) is 60.8 Å². The fourth-order valence-corrected chi connectivity index (χ4v) is 2.64. The van der Waals surface area contributed by atoms with Crippen molar-refractivity contribution in [1.82, 2.24) is 9.78 Å². The summed E-state index contributed by atoms with van der Waals surface area (Å²) < 4.78 is 1.66. The van der Waals surface area contributed by atoms with Crippen LogP contribution in [0.2, 0.25) is 10.0 Å². The third kappa shape index (κ3) is 3.06. The highest BCUT2D eigenvalue weighted by molar-refractivity contribution is 6.34. The van der Waals surface area contributed by atoms with Gasteiger partial charge in [-0.3, -0.25) is 4.79 Å². The van der Waals surface area contributed by atoms with Gasteiger partial charge >= 0.3 is 0 Å². The summed E-state index contributed by atoms with van der Waals surface area (Å²) in [7, 11) is 0. The number of nitrogens with zero attached hydrogens (tertiary/aromatic N) is 2. The van der Waals surface area contributed by atoms with Gasteiger partial charge in [0.2, 0.25) is 0 Å². The molecule has 0 saturated carbocycles. The zero-order valence-corrected chi connectivity index (χ0v) is 13.1. The molecule has 0 aliphatic rings. The molecule has 0 atom stereocenters. The smallest absolute Gasteiger partial charge is 0.170 e. The van der Waals surface area contributed by atoms with E-state index in [0.29, 0.717) is 21.3 Å². The Morgan fingerprint density at radius 2 is 1.64 bits per heavy atom. The highest BCUT2D eigenvalue weighted by Gasteiger charge is 2.13. The Bertz CT molecular complexity index is 827. The van der Waals surface area contributed by atoms with Crippen molar-refractivity contribution in [3.8, 4) is 5.69 Å². The van der Waals surface area contributed by atoms with Crippen LogP contribution in [0.1, 0.15) is 16.1 Å². The maximum absolute atomic E-state index is 12.3. The lowest BCUT2D eigenvalue weighted by Crippen LogP contribution is -2.05. The molecule has 110 valence electrons. The summed E-state index contributed by atoms with van der Waals surface area (Å²) >= 11 is 12.2. The van der Waals surface area contributed by atoms with Gasteiger partial charge in [-0.2, -0.15) is 5.10 Å². The van der Waals surface area contributed by atoms with Gasteiger partial charge in [0.05, 0.1) is 27.8 Å². The van der Waals surface area contributed by atoms with Crippen molar-refractivity contribution in [2.45, 2.75) is 6.42 Å². The van der Waals surface area contributed by atoms with Gasteiger partial charge in [-0.15, -0.1) is 0 Å². The van der Waals surface area contributed by atoms with E-state index in [0.717, 1.165) is 5.69 Å². The van der Waals surface area contributed by atoms with Gasteiger partial charge in [0, 0.05) is 11.8 Å². The average Bonchev–Trinajstić information content (AvgIpc) is 2.96. The predicted octanol–water partition coefficient (Wildman–Crippen LogP) is 4.60. The third-order valence-corrected chi connectivity index (χ3v) is 3.91. The quantitative estimate of drug-likeness (QED) is 0.655. The van der Waals surface area contributed by atoms with E-state index in [9.17, 15) is 4.79 Å². The Kier molecular flexibility index (Phi) is 4.27. The molecule has 1 aromatic heterocycles. The molecular weight excluding hydrogens is 319 g/mol. The van der Waals surface area contributed by atoms with Crippen LogP contribution in [-0.2, 0) is 6.42 Å². The molecule has 0 bridgehead atoms. The van der Waals surface area contributed by atoms with Crippen LogP contribution in [0, 0.1) is 0 Å². The normalized spacial score (nSPS) is 10.6. The minimum Gasteiger partial charge on any atom is -0.294 e. The molecule has 0 spiro atoms. The van der Waals surface area contributed by atoms with Crippen LogP contribution in [0.5, 0.6) is 0 Å². The second-order valence-corrected chi connectivity index (χ2v) is 5.60. The number of hydrogen-bond acceptors (Lipinski definition) is 2. The van der Waals surface area contributed by atoms with Gasteiger partial charge in [0.1, 0.15) is 0 Å². The van der Waals surface area contributed by atoms with Crippen molar-refractivity contribution in [3.05, 3.63) is 82.1 Å². The third-order valence-electron chi connectivity index (χ3n) is 3.26. The Labute approximate surface area is 138 Å². The first-order valence-electron chi connectivity index (χ1n) is 6.72. The number of carbonyl (C=O) groups excluding carboxylic acids is 1. The molecule has 3 aromatic rings. The largest absolute Gasteiger partial charge is 0.294 e. The molecule has 0 N–H and O–H groups in total. The number of benzene rings is 2. The van der Waals surface area contributed by atoms with Gasteiger partial charge in [0.15, 0.2) is 5.78 Å². The minimum absolute atomic E-state index is 0.0602. The van der Waals surface area contributed by atoms with Crippen molar-refractivity contribution in [1.29, 1.82) is 0 Å². The van der Waals surface area contributed by atoms with E-state index < -0.39 is 0 Å². The number of para-hydroxylation sites is 1. The molecule has 3 rings (SSSR count). The summed E-state index contributed by atoms with van der Waals surface area (Å²) in [6, 6.07) is 16.2. The van der Waals surface area contributed by atoms with Crippen molar-refractivity contribution >= 4 is 29.0 Å². The van der Waals surface area contributed by atoms with Crippen LogP contribution < -0.4 is 0 Å². The lowest BCUT2D eigenvalue weighted by molar-refractivity contribution is 0.0992. The summed E-state index contributed by atoms with van der Waals surface area (Å²) in [5.74, 6) is -0.0602. The second-order valence-electron chi connectivity index (χ2n) is 4.78. The van der Waals surface area contributed by atoms with Crippen LogP contribution in [0.4, 0.5) is 0 Å². The number of ketones is 1. The summed E-state index contributed by atoms with van der Waals surface area (Å²) in [6.07, 6.45) is 1.98. The molecule has 0 unspecified atom stereocenters. The predicted molar refractivity (Wildman–Crippen MR) is 88.1 cm³/mol. The SMILES string of the molecule is O=C(Cc1ccn(-c2ccccc2Cl)n1)c1ccccc1Cl. The van der Waals surface area contributed by atoms with Gasteiger partial charge in [-0.1, -0.05) is 47.5 Å². The number of aromatic nitrogens is 2. The summed E-state index contributed by atoms with van der Waals surface area (Å²) in [5, 5.41) is 5.47. The van der Waals surface area contributed by atoms with Crippen LogP contribution >= 0.6 is 23.2 Å². The Balaban J connectivity index is 1.82. The molecule has 0 amide bonds. The number of Topliss-reactive ketones (excluding diaryl/α,β-unsaturated/α-hetero) is 1. The summed E-state index contributed by atoms with van der Waals surface area (Å²) in [6.45, 7) is 0. The Hall–Kier alpha value is -2.10. The van der Waals surface area contributed by atoms with Gasteiger partial charge < -0.3 is 0 Å². The van der Waals surface area contributed by atoms with Crippen LogP contribution in [-0.4, -0.2) is 15.6 Å². The first kappa shape index (κ1) is 14.8. The maximum atomic E-state index is 12.3. The van der Waals surface area contributed by atoms with Gasteiger partial charge in [-0.05, 0) is 30.3 Å². The lowest BCUT2D eigenvalue weighted by Gasteiger charge is -2.04. The zero-order valence-electron chi connectivity index (χ0n) is 11.5. The summed E-state index contributed by atoms with van der Waals surface area (Å²) in [5.41, 5.74) is 1.96. The standard InChI is InChI=1S/C17H12Cl2N2O/c18-14-6-2-1-5-13(14)17(22)11-12-9-10-21(20-12)16-8-4-3-7-15(16)19/h1-10H,11H2. The van der Waals surface area contributed by atoms with E-state index in [1.165, 1.54) is 0 Å². The van der Waals surface area contributed by atoms with E-state index in [-0.39, 0.29) is 12.2 Å². The highest BCUT2D eigenvalue weighted by atomic mass is 35.5. The topological polar surface area (TPSA) is 34.9 Å². The number of hydrogen-bond donors (Lipinski definition) is 0. The molecule has 1 heterocycles. The number of rotatable bonds is 4. The highest BCUT2D eigenvalue weighted by Crippen LogP contribution is 2.20. The van der Waals surface area contributed by atoms with E-state index in [1.54, 1.807) is 47.3 Å². The van der Waals surface area contributed by atoms with Crippen LogP contribution in [0.25, 0.3) is 5.69 Å². The van der Waals surface area contributed by atoms with Crippen molar-refractivity contribution in [3.63, 3.8) is 0 Å². The molecule has 0 aliphatic carbocycles. The van der Waals surface area contributed by atoms with Crippen molar-refractivity contribution in [2.75, 3.05) is 0 Å². The number of carbonyl (C=O) groups is 1. The molecule has 22 heavy (non-hydrogen) atoms.